The van der Waals surface area contributed by atoms with Crippen LogP contribution >= 0.6 is 0 Å². The third-order valence-electron chi connectivity index (χ3n) is 3.18. The lowest BCUT2D eigenvalue weighted by Gasteiger charge is -2.22. The van der Waals surface area contributed by atoms with E-state index >= 15 is 0 Å². The molecule has 0 aliphatic heterocycles. The van der Waals surface area contributed by atoms with Gasteiger partial charge in [-0.05, 0) is 36.4 Å². The summed E-state index contributed by atoms with van der Waals surface area (Å²) in [5, 5.41) is 3.53. The number of nitrogens with one attached hydrogen (secondary N) is 1. The van der Waals surface area contributed by atoms with Gasteiger partial charge in [-0.25, -0.2) is 0 Å². The number of hydrogen-bond acceptors (Lipinski definition) is 1. The van der Waals surface area contributed by atoms with Crippen molar-refractivity contribution in [1.29, 1.82) is 0 Å². The summed E-state index contributed by atoms with van der Waals surface area (Å²) in [6.45, 7) is 16.0. The van der Waals surface area contributed by atoms with Gasteiger partial charge >= 0.3 is 0 Å². The van der Waals surface area contributed by atoms with Crippen LogP contribution in [0.25, 0.3) is 0 Å². The molecule has 100 valence electrons. The number of hydrogen-bond donors (Lipinski definition) is 1. The van der Waals surface area contributed by atoms with Gasteiger partial charge in [-0.2, -0.15) is 0 Å². The molecule has 0 aliphatic carbocycles. The van der Waals surface area contributed by atoms with E-state index < -0.39 is 0 Å². The Morgan fingerprint density at radius 3 is 2.17 bits per heavy atom. The highest BCUT2D eigenvalue weighted by Crippen LogP contribution is 2.26. The minimum atomic E-state index is 0.223. The van der Waals surface area contributed by atoms with Gasteiger partial charge in [0, 0.05) is 6.04 Å². The molecule has 0 heterocycles. The summed E-state index contributed by atoms with van der Waals surface area (Å²) >= 11 is 0. The molecule has 0 saturated heterocycles. The Kier molecular flexibility index (Phi) is 5.15. The normalized spacial score (nSPS) is 13.4. The quantitative estimate of drug-likeness (QED) is 0.747. The lowest BCUT2D eigenvalue weighted by Crippen LogP contribution is -2.21. The van der Waals surface area contributed by atoms with Gasteiger partial charge in [0.2, 0.25) is 0 Å². The van der Waals surface area contributed by atoms with Crippen molar-refractivity contribution in [2.75, 3.05) is 6.54 Å². The van der Waals surface area contributed by atoms with Crippen molar-refractivity contribution in [2.45, 2.75) is 52.5 Å². The maximum absolute atomic E-state index is 4.02. The lowest BCUT2D eigenvalue weighted by atomic mass is 9.86. The van der Waals surface area contributed by atoms with Crippen molar-refractivity contribution in [3.8, 4) is 0 Å². The minimum absolute atomic E-state index is 0.223. The monoisotopic (exact) mass is 245 g/mol. The van der Waals surface area contributed by atoms with Crippen LogP contribution in [0.1, 0.15) is 58.2 Å². The highest BCUT2D eigenvalue weighted by molar-refractivity contribution is 5.29. The molecule has 0 radical (unpaired) electrons. The Bertz CT molecular complexity index is 381. The first-order chi connectivity index (χ1) is 8.34. The zero-order valence-corrected chi connectivity index (χ0v) is 12.5. The molecule has 1 atom stereocenters. The van der Waals surface area contributed by atoms with Crippen LogP contribution in [0.2, 0.25) is 0 Å². The fourth-order valence-corrected chi connectivity index (χ4v) is 2.12. The zero-order chi connectivity index (χ0) is 13.8. The summed E-state index contributed by atoms with van der Waals surface area (Å²) in [4.78, 5) is 0. The van der Waals surface area contributed by atoms with Gasteiger partial charge in [-0.3, -0.25) is 0 Å². The van der Waals surface area contributed by atoms with E-state index in [0.717, 1.165) is 13.0 Å². The van der Waals surface area contributed by atoms with Crippen molar-refractivity contribution < 1.29 is 0 Å². The maximum atomic E-state index is 4.02. The molecule has 1 rings (SSSR count). The van der Waals surface area contributed by atoms with Crippen LogP contribution in [0.4, 0.5) is 0 Å². The fraction of sp³-hybridized carbons (Fsp3) is 0.529. The second-order valence-corrected chi connectivity index (χ2v) is 6.14. The van der Waals surface area contributed by atoms with Crippen LogP contribution in [-0.4, -0.2) is 6.54 Å². The number of rotatable bonds is 5. The Labute approximate surface area is 112 Å². The van der Waals surface area contributed by atoms with Gasteiger partial charge < -0.3 is 5.32 Å². The topological polar surface area (TPSA) is 12.0 Å². The summed E-state index contributed by atoms with van der Waals surface area (Å²) in [7, 11) is 0. The predicted octanol–water partition coefficient (Wildman–Crippen LogP) is 4.60. The molecular formula is C17H27N. The van der Waals surface area contributed by atoms with Crippen LogP contribution in [0.15, 0.2) is 36.4 Å². The van der Waals surface area contributed by atoms with E-state index in [0.29, 0.717) is 6.04 Å². The second kappa shape index (κ2) is 6.19. The summed E-state index contributed by atoms with van der Waals surface area (Å²) in [6, 6.07) is 9.38. The van der Waals surface area contributed by atoms with Crippen molar-refractivity contribution in [1.82, 2.24) is 5.32 Å². The Balaban J connectivity index is 2.90. The summed E-state index contributed by atoms with van der Waals surface area (Å²) in [5.74, 6) is 0. The molecule has 0 fully saturated rings. The van der Waals surface area contributed by atoms with E-state index in [9.17, 15) is 0 Å². The van der Waals surface area contributed by atoms with E-state index in [1.54, 1.807) is 0 Å². The van der Waals surface area contributed by atoms with Gasteiger partial charge in [-0.15, -0.1) is 6.58 Å². The second-order valence-electron chi connectivity index (χ2n) is 6.14. The third-order valence-corrected chi connectivity index (χ3v) is 3.18. The third kappa shape index (κ3) is 4.30. The van der Waals surface area contributed by atoms with E-state index in [1.807, 2.05) is 0 Å². The van der Waals surface area contributed by atoms with Crippen molar-refractivity contribution >= 4 is 0 Å². The first-order valence-corrected chi connectivity index (χ1v) is 6.82. The van der Waals surface area contributed by atoms with Gasteiger partial charge in [-0.1, -0.05) is 57.5 Å². The molecule has 0 bridgehead atoms. The average molecular weight is 245 g/mol. The fourth-order valence-electron chi connectivity index (χ4n) is 2.12. The molecule has 0 spiro atoms. The van der Waals surface area contributed by atoms with Gasteiger partial charge in [0.05, 0.1) is 0 Å². The molecule has 1 heteroatoms. The summed E-state index contributed by atoms with van der Waals surface area (Å²) in [6.07, 6.45) is 1.00. The largest absolute Gasteiger partial charge is 0.310 e. The Morgan fingerprint density at radius 1 is 1.22 bits per heavy atom. The van der Waals surface area contributed by atoms with E-state index in [4.69, 9.17) is 0 Å². The van der Waals surface area contributed by atoms with Crippen LogP contribution in [-0.2, 0) is 5.41 Å². The van der Waals surface area contributed by atoms with Crippen molar-refractivity contribution in [2.24, 2.45) is 0 Å². The zero-order valence-electron chi connectivity index (χ0n) is 12.5. The van der Waals surface area contributed by atoms with E-state index in [-0.39, 0.29) is 5.41 Å². The van der Waals surface area contributed by atoms with Crippen LogP contribution in [0.3, 0.4) is 0 Å². The summed E-state index contributed by atoms with van der Waals surface area (Å²) in [5.41, 5.74) is 4.19. The molecule has 1 aromatic rings. The van der Waals surface area contributed by atoms with Gasteiger partial charge in [0.25, 0.3) is 0 Å². The molecular weight excluding hydrogens is 218 g/mol. The van der Waals surface area contributed by atoms with Crippen LogP contribution < -0.4 is 5.32 Å². The molecule has 1 aromatic carbocycles. The first-order valence-electron chi connectivity index (χ1n) is 6.82. The van der Waals surface area contributed by atoms with E-state index in [2.05, 4.69) is 70.8 Å². The molecule has 1 unspecified atom stereocenters. The average Bonchev–Trinajstić information content (AvgIpc) is 2.27. The van der Waals surface area contributed by atoms with Crippen molar-refractivity contribution in [3.05, 3.63) is 47.5 Å². The Hall–Kier alpha value is -1.08. The maximum Gasteiger partial charge on any atom is 0.0357 e. The van der Waals surface area contributed by atoms with E-state index in [1.165, 1.54) is 16.7 Å². The number of benzene rings is 1. The Morgan fingerprint density at radius 2 is 1.78 bits per heavy atom. The minimum Gasteiger partial charge on any atom is -0.310 e. The molecule has 0 aromatic heterocycles. The molecule has 0 amide bonds. The van der Waals surface area contributed by atoms with Crippen LogP contribution in [0.5, 0.6) is 0 Å². The summed E-state index contributed by atoms with van der Waals surface area (Å²) < 4.78 is 0. The molecule has 18 heavy (non-hydrogen) atoms. The highest BCUT2D eigenvalue weighted by atomic mass is 14.9. The first kappa shape index (κ1) is 15.0. The van der Waals surface area contributed by atoms with Gasteiger partial charge in [0.1, 0.15) is 0 Å². The predicted molar refractivity (Wildman–Crippen MR) is 81.0 cm³/mol. The SMILES string of the molecule is C=C(C)CC(NCC)c1ccc(C(C)(C)C)cc1. The van der Waals surface area contributed by atoms with Crippen molar-refractivity contribution in [3.63, 3.8) is 0 Å². The molecule has 1 N–H and O–H groups in total. The highest BCUT2D eigenvalue weighted by Gasteiger charge is 2.15. The molecule has 0 aliphatic rings. The van der Waals surface area contributed by atoms with Gasteiger partial charge in [0.15, 0.2) is 0 Å². The standard InChI is InChI=1S/C17H27N/c1-7-18-16(12-13(2)3)14-8-10-15(11-9-14)17(4,5)6/h8-11,16,18H,2,7,12H2,1,3-6H3. The molecule has 1 nitrogen and oxygen atoms in total. The van der Waals surface area contributed by atoms with Crippen LogP contribution in [0, 0.1) is 0 Å². The molecule has 0 saturated carbocycles. The smallest absolute Gasteiger partial charge is 0.0357 e. The lowest BCUT2D eigenvalue weighted by molar-refractivity contribution is 0.546.